The fraction of sp³-hybridized carbons (Fsp3) is 0.172. The van der Waals surface area contributed by atoms with E-state index in [-0.39, 0.29) is 38.7 Å². The van der Waals surface area contributed by atoms with Crippen LogP contribution in [0, 0.1) is 13.0 Å². The van der Waals surface area contributed by atoms with Crippen LogP contribution in [-0.2, 0) is 21.1 Å². The van der Waals surface area contributed by atoms with Crippen molar-refractivity contribution in [2.75, 3.05) is 0 Å². The summed E-state index contributed by atoms with van der Waals surface area (Å²) in [7, 11) is 0. The molecule has 2 aromatic heterocycles. The van der Waals surface area contributed by atoms with Crippen molar-refractivity contribution >= 4 is 11.0 Å². The van der Waals surface area contributed by atoms with E-state index in [1.54, 1.807) is 0 Å². The molecule has 0 bridgehead atoms. The first kappa shape index (κ1) is 42.0. The number of aryl methyl sites for hydroxylation is 1. The maximum Gasteiger partial charge on any atom is 0.148 e. The summed E-state index contributed by atoms with van der Waals surface area (Å²) in [6.45, 7) is 14.6. The number of rotatable bonds is 10. The summed E-state index contributed by atoms with van der Waals surface area (Å²) in [6, 6.07) is 58.7. The molecule has 0 fully saturated rings. The summed E-state index contributed by atoms with van der Waals surface area (Å²) in [5.41, 5.74) is 17.2. The van der Waals surface area contributed by atoms with Gasteiger partial charge >= 0.3 is 0 Å². The van der Waals surface area contributed by atoms with Gasteiger partial charge in [0.2, 0.25) is 0 Å². The Morgan fingerprint density at radius 2 is 1.24 bits per heavy atom. The van der Waals surface area contributed by atoms with Crippen LogP contribution < -0.4 is 0 Å². The van der Waals surface area contributed by atoms with Crippen molar-refractivity contribution < 1.29 is 27.5 Å². The predicted octanol–water partition coefficient (Wildman–Crippen LogP) is 15.6. The smallest absolute Gasteiger partial charge is 0.148 e. The van der Waals surface area contributed by atoms with Gasteiger partial charge in [-0.3, -0.25) is 9.55 Å². The Balaban J connectivity index is 0.00000560. The van der Waals surface area contributed by atoms with E-state index in [4.69, 9.17) is 11.3 Å². The zero-order valence-electron chi connectivity index (χ0n) is 37.8. The SMILES string of the molecule is [2H]C(C)(C)c1ccc(-n2c(-c3cc(C(C)C)cc(C(C)C)c3O)nc3c(-c4[c-]c(-c5cc(-c6ccc(C)cc6)ccn5)cc(-c5ccccc5)c4)cccc32)c(-c2ccccc2)c1.[Pt]. The van der Waals surface area contributed by atoms with Gasteiger partial charge in [0.05, 0.1) is 22.3 Å². The molecule has 2 heterocycles. The number of nitrogens with zero attached hydrogens (tertiary/aromatic N) is 3. The average molecular weight is 1000 g/mol. The number of aromatic nitrogens is 3. The van der Waals surface area contributed by atoms with Gasteiger partial charge in [-0.15, -0.1) is 23.8 Å². The van der Waals surface area contributed by atoms with Crippen LogP contribution in [0.4, 0.5) is 0 Å². The molecule has 0 spiro atoms. The third-order valence-electron chi connectivity index (χ3n) is 12.0. The van der Waals surface area contributed by atoms with Crippen LogP contribution in [0.5, 0.6) is 5.75 Å². The van der Waals surface area contributed by atoms with Gasteiger partial charge in [-0.25, -0.2) is 4.98 Å². The van der Waals surface area contributed by atoms with Crippen LogP contribution in [0.2, 0.25) is 0 Å². The van der Waals surface area contributed by atoms with E-state index in [1.807, 2.05) is 44.3 Å². The first-order valence-corrected chi connectivity index (χ1v) is 21.6. The molecule has 0 aliphatic heterocycles. The summed E-state index contributed by atoms with van der Waals surface area (Å²) >= 11 is 0. The van der Waals surface area contributed by atoms with Crippen molar-refractivity contribution in [3.63, 3.8) is 0 Å². The van der Waals surface area contributed by atoms with Crippen molar-refractivity contribution in [3.05, 3.63) is 192 Å². The molecule has 1 N–H and O–H groups in total. The second-order valence-electron chi connectivity index (χ2n) is 17.2. The number of fused-ring (bicyclic) bond motifs is 1. The van der Waals surface area contributed by atoms with E-state index in [9.17, 15) is 5.11 Å². The Labute approximate surface area is 388 Å². The zero-order chi connectivity index (χ0) is 44.0. The molecule has 316 valence electrons. The third-order valence-corrected chi connectivity index (χ3v) is 12.0. The van der Waals surface area contributed by atoms with Crippen molar-refractivity contribution in [2.45, 2.75) is 66.2 Å². The van der Waals surface area contributed by atoms with Gasteiger partial charge in [-0.05, 0) is 93.9 Å². The van der Waals surface area contributed by atoms with Gasteiger partial charge in [-0.1, -0.05) is 179 Å². The third kappa shape index (κ3) is 8.58. The summed E-state index contributed by atoms with van der Waals surface area (Å²) < 4.78 is 11.2. The van der Waals surface area contributed by atoms with E-state index in [2.05, 4.69) is 179 Å². The Morgan fingerprint density at radius 1 is 0.571 bits per heavy atom. The zero-order valence-corrected chi connectivity index (χ0v) is 39.1. The number of para-hydroxylation sites is 1. The summed E-state index contributed by atoms with van der Waals surface area (Å²) in [6.07, 6.45) is 1.88. The molecule has 0 saturated heterocycles. The number of phenolic OH excluding ortho intramolecular Hbond substituents is 1. The summed E-state index contributed by atoms with van der Waals surface area (Å²) in [5, 5.41) is 12.3. The number of pyridine rings is 1. The fourth-order valence-electron chi connectivity index (χ4n) is 8.41. The Bertz CT molecular complexity index is 3110. The number of hydrogen-bond acceptors (Lipinski definition) is 3. The van der Waals surface area contributed by atoms with Gasteiger partial charge in [0.15, 0.2) is 0 Å². The molecule has 0 aliphatic carbocycles. The van der Waals surface area contributed by atoms with Crippen LogP contribution in [0.1, 0.15) is 82.9 Å². The summed E-state index contributed by atoms with van der Waals surface area (Å²) in [4.78, 5) is 10.5. The second-order valence-corrected chi connectivity index (χ2v) is 17.2. The molecule has 0 radical (unpaired) electrons. The monoisotopic (exact) mass is 1000 g/mol. The van der Waals surface area contributed by atoms with Crippen LogP contribution in [-0.4, -0.2) is 19.6 Å². The molecule has 7 aromatic carbocycles. The van der Waals surface area contributed by atoms with Crippen molar-refractivity contribution in [1.29, 1.82) is 0 Å². The van der Waals surface area contributed by atoms with E-state index < -0.39 is 5.89 Å². The Kier molecular flexibility index (Phi) is 12.1. The molecular formula is C58H52N3OPt-. The molecule has 9 rings (SSSR count). The Morgan fingerprint density at radius 3 is 1.92 bits per heavy atom. The van der Waals surface area contributed by atoms with E-state index >= 15 is 0 Å². The van der Waals surface area contributed by atoms with Crippen molar-refractivity contribution in [2.24, 2.45) is 0 Å². The average Bonchev–Trinajstić information content (AvgIpc) is 3.68. The predicted molar refractivity (Wildman–Crippen MR) is 259 cm³/mol. The number of imidazole rings is 1. The number of benzene rings is 7. The quantitative estimate of drug-likeness (QED) is 0.139. The topological polar surface area (TPSA) is 50.9 Å². The van der Waals surface area contributed by atoms with Crippen LogP contribution >= 0.6 is 0 Å². The molecule has 0 aliphatic rings. The minimum atomic E-state index is -0.823. The van der Waals surface area contributed by atoms with Crippen LogP contribution in [0.25, 0.3) is 83.9 Å². The van der Waals surface area contributed by atoms with E-state index in [1.165, 1.54) is 5.56 Å². The first-order valence-electron chi connectivity index (χ1n) is 22.1. The van der Waals surface area contributed by atoms with Gasteiger partial charge in [0, 0.05) is 39.9 Å². The molecule has 9 aromatic rings. The van der Waals surface area contributed by atoms with Gasteiger partial charge in [-0.2, -0.15) is 0 Å². The van der Waals surface area contributed by atoms with E-state index in [0.29, 0.717) is 11.4 Å². The second kappa shape index (κ2) is 18.2. The van der Waals surface area contributed by atoms with Gasteiger partial charge < -0.3 is 5.11 Å². The number of phenols is 1. The van der Waals surface area contributed by atoms with Crippen LogP contribution in [0.3, 0.4) is 0 Å². The standard InChI is InChI=1S/C58H52N3O.Pt/c1-36(2)43-25-26-54(51(32-43)42-17-12-9-13-18-42)61-55-20-14-19-49(56(55)60-58(61)52-34-45(37(3)4)33-50(38(5)6)57(52)62)47-29-46(40-15-10-8-11-16-40)30-48(31-47)53-35-44(27-28-59-53)41-23-21-39(7)22-24-41;/h8-30,32-38,62H,1-7H3;/q-1;/i36D;. The largest absolute Gasteiger partial charge is 0.507 e. The Hall–Kier alpha value is -6.35. The molecule has 0 amide bonds. The molecule has 4 nitrogen and oxygen atoms in total. The van der Waals surface area contributed by atoms with Crippen molar-refractivity contribution in [1.82, 2.24) is 14.5 Å². The van der Waals surface area contributed by atoms with E-state index in [0.717, 1.165) is 89.2 Å². The molecule has 0 unspecified atom stereocenters. The molecule has 5 heteroatoms. The minimum Gasteiger partial charge on any atom is -0.507 e. The van der Waals surface area contributed by atoms with Gasteiger partial charge in [0.1, 0.15) is 11.6 Å². The first-order chi connectivity index (χ1) is 30.3. The molecule has 0 atom stereocenters. The maximum absolute atomic E-state index is 12.3. The minimum absolute atomic E-state index is 0. The van der Waals surface area contributed by atoms with Gasteiger partial charge in [0.25, 0.3) is 0 Å². The molecule has 63 heavy (non-hydrogen) atoms. The number of aromatic hydroxyl groups is 1. The number of hydrogen-bond donors (Lipinski definition) is 1. The maximum atomic E-state index is 12.3. The molecular weight excluding hydrogens is 950 g/mol. The van der Waals surface area contributed by atoms with Crippen molar-refractivity contribution in [3.8, 4) is 78.6 Å². The fourth-order valence-corrected chi connectivity index (χ4v) is 8.41. The normalized spacial score (nSPS) is 11.9. The van der Waals surface area contributed by atoms with Crippen LogP contribution in [0.15, 0.2) is 164 Å². The summed E-state index contributed by atoms with van der Waals surface area (Å²) in [5.74, 6) is 0.358. The molecule has 0 saturated carbocycles.